The molecule has 2 nitrogen and oxygen atoms in total. The second-order valence-electron chi connectivity index (χ2n) is 5.56. The topological polar surface area (TPSA) is 26.3 Å². The van der Waals surface area contributed by atoms with Crippen molar-refractivity contribution in [2.45, 2.75) is 27.7 Å². The summed E-state index contributed by atoms with van der Waals surface area (Å²) in [6.45, 7) is 8.30. The van der Waals surface area contributed by atoms with E-state index in [0.29, 0.717) is 5.56 Å². The smallest absolute Gasteiger partial charge is 0.340 e. The first-order valence-electron chi connectivity index (χ1n) is 7.66. The van der Waals surface area contributed by atoms with E-state index in [4.69, 9.17) is 4.52 Å². The quantitative estimate of drug-likeness (QED) is 0.466. The summed E-state index contributed by atoms with van der Waals surface area (Å²) in [6, 6.07) is 7.50. The highest BCUT2D eigenvalue weighted by molar-refractivity contribution is 9.09. The standard InChI is InChI=1S/C17H18BrO2P.C2H6/c1-17(2)9-12(11-18)7-8-13(10-17)14-5-3-4-6-15(14)16(19)20-21;1-2/h3-10H,11,21H2,1-2H3;1-2H3. The SMILES string of the molecule is CC.CC1(C)C=C(CBr)C=CC(c2ccccc2C(=O)OP)=C1. The van der Waals surface area contributed by atoms with Crippen molar-refractivity contribution >= 4 is 36.9 Å². The van der Waals surface area contributed by atoms with Crippen molar-refractivity contribution in [3.63, 3.8) is 0 Å². The lowest BCUT2D eigenvalue weighted by atomic mass is 9.88. The lowest BCUT2D eigenvalue weighted by Gasteiger charge is -2.17. The van der Waals surface area contributed by atoms with Crippen molar-refractivity contribution in [1.82, 2.24) is 0 Å². The molecule has 0 N–H and O–H groups in total. The number of rotatable bonds is 3. The lowest BCUT2D eigenvalue weighted by Crippen LogP contribution is -2.06. The van der Waals surface area contributed by atoms with Gasteiger partial charge in [-0.15, -0.1) is 0 Å². The van der Waals surface area contributed by atoms with Gasteiger partial charge in [0.05, 0.1) is 15.0 Å². The maximum atomic E-state index is 11.9. The molecule has 1 atom stereocenters. The molecule has 0 heterocycles. The molecule has 0 aromatic heterocycles. The molecule has 2 rings (SSSR count). The van der Waals surface area contributed by atoms with Crippen molar-refractivity contribution in [2.75, 3.05) is 5.33 Å². The van der Waals surface area contributed by atoms with Crippen LogP contribution in [0.15, 0.2) is 54.1 Å². The summed E-state index contributed by atoms with van der Waals surface area (Å²) in [5.74, 6) is -0.347. The highest BCUT2D eigenvalue weighted by Crippen LogP contribution is 2.33. The number of carbonyl (C=O) groups excluding carboxylic acids is 1. The van der Waals surface area contributed by atoms with Crippen molar-refractivity contribution in [1.29, 1.82) is 0 Å². The monoisotopic (exact) mass is 394 g/mol. The van der Waals surface area contributed by atoms with Gasteiger partial charge in [0.1, 0.15) is 0 Å². The van der Waals surface area contributed by atoms with Crippen molar-refractivity contribution in [2.24, 2.45) is 5.41 Å². The minimum atomic E-state index is -0.347. The van der Waals surface area contributed by atoms with Crippen LogP contribution >= 0.6 is 25.4 Å². The maximum Gasteiger partial charge on any atom is 0.340 e. The molecule has 0 saturated carbocycles. The van der Waals surface area contributed by atoms with Gasteiger partial charge in [-0.05, 0) is 22.8 Å². The molecule has 1 aromatic carbocycles. The molecule has 0 fully saturated rings. The number of benzene rings is 1. The number of hydrogen-bond acceptors (Lipinski definition) is 2. The minimum absolute atomic E-state index is 0.0834. The van der Waals surface area contributed by atoms with E-state index < -0.39 is 0 Å². The highest BCUT2D eigenvalue weighted by Gasteiger charge is 2.19. The molecule has 0 spiro atoms. The van der Waals surface area contributed by atoms with Crippen LogP contribution in [0.2, 0.25) is 0 Å². The van der Waals surface area contributed by atoms with Crippen LogP contribution < -0.4 is 0 Å². The van der Waals surface area contributed by atoms with Gasteiger partial charge in [0.15, 0.2) is 0 Å². The van der Waals surface area contributed by atoms with Gasteiger partial charge in [-0.2, -0.15) is 0 Å². The molecular formula is C19H24BrO2P. The Morgan fingerprint density at radius 1 is 1.17 bits per heavy atom. The van der Waals surface area contributed by atoms with E-state index >= 15 is 0 Å². The third-order valence-electron chi connectivity index (χ3n) is 3.28. The first-order valence-corrected chi connectivity index (χ1v) is 9.25. The van der Waals surface area contributed by atoms with E-state index in [0.717, 1.165) is 16.5 Å². The van der Waals surface area contributed by atoms with E-state index in [1.807, 2.05) is 41.5 Å². The van der Waals surface area contributed by atoms with Gasteiger partial charge in [-0.3, -0.25) is 0 Å². The molecule has 1 unspecified atom stereocenters. The van der Waals surface area contributed by atoms with Crippen LogP contribution in [0.1, 0.15) is 43.6 Å². The average Bonchev–Trinajstić information content (AvgIpc) is 2.73. The number of carbonyl (C=O) groups is 1. The Labute approximate surface area is 150 Å². The van der Waals surface area contributed by atoms with E-state index in [1.54, 1.807) is 6.07 Å². The Bertz CT molecular complexity index is 643. The maximum absolute atomic E-state index is 11.9. The van der Waals surface area contributed by atoms with Crippen LogP contribution in [0.3, 0.4) is 0 Å². The second-order valence-corrected chi connectivity index (χ2v) is 6.35. The second kappa shape index (κ2) is 9.20. The van der Waals surface area contributed by atoms with Crippen LogP contribution in [0.4, 0.5) is 0 Å². The van der Waals surface area contributed by atoms with Gasteiger partial charge in [-0.25, -0.2) is 4.79 Å². The summed E-state index contributed by atoms with van der Waals surface area (Å²) in [6.07, 6.45) is 8.53. The average molecular weight is 395 g/mol. The van der Waals surface area contributed by atoms with Crippen LogP contribution in [0.25, 0.3) is 5.57 Å². The van der Waals surface area contributed by atoms with Crippen LogP contribution in [0.5, 0.6) is 0 Å². The van der Waals surface area contributed by atoms with Gasteiger partial charge in [0.2, 0.25) is 0 Å². The molecule has 0 saturated heterocycles. The molecule has 1 aromatic rings. The molecule has 0 radical (unpaired) electrons. The molecule has 1 aliphatic rings. The predicted molar refractivity (Wildman–Crippen MR) is 106 cm³/mol. The third-order valence-corrected chi connectivity index (χ3v) is 4.14. The molecule has 1 aliphatic carbocycles. The van der Waals surface area contributed by atoms with E-state index in [9.17, 15) is 4.79 Å². The van der Waals surface area contributed by atoms with E-state index in [2.05, 4.69) is 54.1 Å². The summed E-state index contributed by atoms with van der Waals surface area (Å²) in [4.78, 5) is 11.9. The number of alkyl halides is 1. The fourth-order valence-electron chi connectivity index (χ4n) is 2.44. The predicted octanol–water partition coefficient (Wildman–Crippen LogP) is 5.96. The Kier molecular flexibility index (Phi) is 7.94. The van der Waals surface area contributed by atoms with Crippen LogP contribution in [-0.2, 0) is 4.52 Å². The summed E-state index contributed by atoms with van der Waals surface area (Å²) < 4.78 is 4.80. The first-order chi connectivity index (χ1) is 11.0. The fourth-order valence-corrected chi connectivity index (χ4v) is 2.92. The zero-order chi connectivity index (χ0) is 17.5. The zero-order valence-electron chi connectivity index (χ0n) is 14.1. The molecule has 0 bridgehead atoms. The number of allylic oxidation sites excluding steroid dienone is 6. The van der Waals surface area contributed by atoms with Gasteiger partial charge >= 0.3 is 5.97 Å². The Hall–Kier alpha value is -1.18. The van der Waals surface area contributed by atoms with Crippen LogP contribution in [-0.4, -0.2) is 11.3 Å². The van der Waals surface area contributed by atoms with Crippen molar-refractivity contribution < 1.29 is 9.32 Å². The Balaban J connectivity index is 0.00000127. The van der Waals surface area contributed by atoms with Gasteiger partial charge in [0, 0.05) is 10.7 Å². The first kappa shape index (κ1) is 19.9. The molecule has 0 aliphatic heterocycles. The third kappa shape index (κ3) is 5.44. The van der Waals surface area contributed by atoms with Gasteiger partial charge in [-0.1, -0.05) is 86.1 Å². The zero-order valence-corrected chi connectivity index (χ0v) is 16.8. The van der Waals surface area contributed by atoms with E-state index in [1.165, 1.54) is 5.57 Å². The summed E-state index contributed by atoms with van der Waals surface area (Å²) >= 11 is 3.50. The minimum Gasteiger partial charge on any atom is -0.448 e. The molecule has 4 heteroatoms. The molecule has 23 heavy (non-hydrogen) atoms. The van der Waals surface area contributed by atoms with Gasteiger partial charge < -0.3 is 4.52 Å². The molecular weight excluding hydrogens is 371 g/mol. The van der Waals surface area contributed by atoms with Crippen molar-refractivity contribution in [3.8, 4) is 0 Å². The molecule has 0 amide bonds. The lowest BCUT2D eigenvalue weighted by molar-refractivity contribution is 0.0765. The summed E-state index contributed by atoms with van der Waals surface area (Å²) in [7, 11) is 2.01. The summed E-state index contributed by atoms with van der Waals surface area (Å²) in [5, 5.41) is 0.809. The summed E-state index contributed by atoms with van der Waals surface area (Å²) in [5.41, 5.74) is 3.62. The number of hydrogen-bond donors (Lipinski definition) is 0. The van der Waals surface area contributed by atoms with Crippen molar-refractivity contribution in [3.05, 3.63) is 65.3 Å². The molecule has 124 valence electrons. The van der Waals surface area contributed by atoms with Crippen LogP contribution in [0, 0.1) is 5.41 Å². The van der Waals surface area contributed by atoms with E-state index in [-0.39, 0.29) is 11.4 Å². The Morgan fingerprint density at radius 3 is 2.43 bits per heavy atom. The normalized spacial score (nSPS) is 15.6. The largest absolute Gasteiger partial charge is 0.448 e. The van der Waals surface area contributed by atoms with Gasteiger partial charge in [0.25, 0.3) is 0 Å². The Morgan fingerprint density at radius 2 is 1.83 bits per heavy atom. The fraction of sp³-hybridized carbons (Fsp3) is 0.316. The highest BCUT2D eigenvalue weighted by atomic mass is 79.9. The number of halogens is 1.